The molecule has 86 valence electrons. The van der Waals surface area contributed by atoms with Crippen molar-refractivity contribution < 1.29 is 23.5 Å². The summed E-state index contributed by atoms with van der Waals surface area (Å²) in [6.45, 7) is 4.35. The summed E-state index contributed by atoms with van der Waals surface area (Å²) in [7, 11) is 0. The second-order valence-corrected chi connectivity index (χ2v) is 2.73. The molecule has 0 aromatic heterocycles. The van der Waals surface area contributed by atoms with Crippen LogP contribution in [0.25, 0.3) is 0 Å². The van der Waals surface area contributed by atoms with E-state index >= 15 is 0 Å². The lowest BCUT2D eigenvalue weighted by atomic mass is 10.2. The van der Waals surface area contributed by atoms with Crippen LogP contribution in [0.5, 0.6) is 0 Å². The van der Waals surface area contributed by atoms with Gasteiger partial charge in [0, 0.05) is 19.3 Å². The number of hydrogen-bond donors (Lipinski definition) is 1. The van der Waals surface area contributed by atoms with Crippen molar-refractivity contribution >= 4 is 11.8 Å². The van der Waals surface area contributed by atoms with Crippen LogP contribution in [0.1, 0.15) is 13.8 Å². The summed E-state index contributed by atoms with van der Waals surface area (Å²) in [5.74, 6) is -3.29. The highest BCUT2D eigenvalue weighted by atomic mass is 19.3. The van der Waals surface area contributed by atoms with E-state index < -0.39 is 23.8 Å². The molecule has 0 aromatic carbocycles. The molecule has 1 N–H and O–H groups in total. The van der Waals surface area contributed by atoms with Gasteiger partial charge >= 0.3 is 12.4 Å². The third kappa shape index (κ3) is 4.05. The van der Waals surface area contributed by atoms with Gasteiger partial charge in [0.2, 0.25) is 5.78 Å². The number of halogens is 2. The molecule has 0 unspecified atom stereocenters. The molecule has 0 spiro atoms. The Morgan fingerprint density at radius 1 is 1.33 bits per heavy atom. The molecule has 0 fully saturated rings. The molecule has 0 amide bonds. The number of hydrogen-bond acceptors (Lipinski definition) is 3. The third-order valence-corrected chi connectivity index (χ3v) is 1.82. The van der Waals surface area contributed by atoms with Crippen LogP contribution in [0, 0.1) is 0 Å². The average molecular weight is 221 g/mol. The first-order valence-corrected chi connectivity index (χ1v) is 4.45. The summed E-state index contributed by atoms with van der Waals surface area (Å²) in [6, 6.07) is 0. The van der Waals surface area contributed by atoms with Gasteiger partial charge in [-0.25, -0.2) is 13.6 Å². The summed E-state index contributed by atoms with van der Waals surface area (Å²) in [5, 5.41) is 8.58. The second-order valence-electron chi connectivity index (χ2n) is 2.73. The summed E-state index contributed by atoms with van der Waals surface area (Å²) in [4.78, 5) is 22.9. The number of carbonyl (C=O) groups is 2. The van der Waals surface area contributed by atoms with Gasteiger partial charge in [-0.05, 0) is 13.8 Å². The number of carboxylic acid groups (broad SMARTS) is 1. The Hall–Kier alpha value is -1.46. The summed E-state index contributed by atoms with van der Waals surface area (Å²) in [6.07, 6.45) is -2.33. The number of ketones is 1. The highest BCUT2D eigenvalue weighted by Crippen LogP contribution is 2.07. The lowest BCUT2D eigenvalue weighted by molar-refractivity contribution is -0.137. The first-order chi connectivity index (χ1) is 6.93. The smallest absolute Gasteiger partial charge is 0.341 e. The van der Waals surface area contributed by atoms with Gasteiger partial charge in [0.15, 0.2) is 0 Å². The second kappa shape index (κ2) is 6.10. The van der Waals surface area contributed by atoms with E-state index in [1.165, 1.54) is 4.90 Å². The van der Waals surface area contributed by atoms with Crippen molar-refractivity contribution in [2.24, 2.45) is 0 Å². The molecule has 0 atom stereocenters. The number of carbonyl (C=O) groups excluding carboxylic acids is 1. The molecule has 15 heavy (non-hydrogen) atoms. The molecule has 0 bridgehead atoms. The van der Waals surface area contributed by atoms with Crippen LogP contribution in [-0.2, 0) is 9.59 Å². The fourth-order valence-electron chi connectivity index (χ4n) is 0.931. The number of aliphatic carboxylic acids is 1. The first-order valence-electron chi connectivity index (χ1n) is 4.45. The summed E-state index contributed by atoms with van der Waals surface area (Å²) in [5.41, 5.74) is -0.881. The highest BCUT2D eigenvalue weighted by Gasteiger charge is 2.26. The predicted octanol–water partition coefficient (Wildman–Crippen LogP) is 1.13. The van der Waals surface area contributed by atoms with E-state index in [0.29, 0.717) is 13.1 Å². The van der Waals surface area contributed by atoms with Crippen molar-refractivity contribution in [1.29, 1.82) is 0 Å². The van der Waals surface area contributed by atoms with Crippen molar-refractivity contribution in [3.63, 3.8) is 0 Å². The van der Waals surface area contributed by atoms with Gasteiger partial charge in [0.05, 0.1) is 0 Å². The van der Waals surface area contributed by atoms with Gasteiger partial charge in [0.1, 0.15) is 5.57 Å². The van der Waals surface area contributed by atoms with Gasteiger partial charge in [-0.15, -0.1) is 0 Å². The van der Waals surface area contributed by atoms with Gasteiger partial charge in [-0.1, -0.05) is 0 Å². The Morgan fingerprint density at radius 3 is 2.07 bits per heavy atom. The van der Waals surface area contributed by atoms with E-state index in [1.807, 2.05) is 0 Å². The van der Waals surface area contributed by atoms with Crippen molar-refractivity contribution in [3.8, 4) is 0 Å². The molecular weight excluding hydrogens is 208 g/mol. The molecule has 0 saturated heterocycles. The molecule has 0 aliphatic carbocycles. The van der Waals surface area contributed by atoms with Crippen LogP contribution in [0.2, 0.25) is 0 Å². The van der Waals surface area contributed by atoms with Crippen molar-refractivity contribution in [2.75, 3.05) is 13.1 Å². The monoisotopic (exact) mass is 221 g/mol. The van der Waals surface area contributed by atoms with E-state index in [2.05, 4.69) is 0 Å². The highest BCUT2D eigenvalue weighted by molar-refractivity contribution is 6.17. The maximum Gasteiger partial charge on any atom is 0.341 e. The van der Waals surface area contributed by atoms with Crippen LogP contribution in [0.4, 0.5) is 8.78 Å². The average Bonchev–Trinajstić information content (AvgIpc) is 2.18. The fourth-order valence-corrected chi connectivity index (χ4v) is 0.931. The fraction of sp³-hybridized carbons (Fsp3) is 0.556. The van der Waals surface area contributed by atoms with E-state index in [1.54, 1.807) is 13.8 Å². The van der Waals surface area contributed by atoms with Gasteiger partial charge in [-0.3, -0.25) is 4.79 Å². The number of Topliss-reactive ketones (excluding diaryl/α,β-unsaturated/α-hetero) is 1. The van der Waals surface area contributed by atoms with E-state index in [4.69, 9.17) is 5.11 Å². The third-order valence-electron chi connectivity index (χ3n) is 1.82. The molecule has 0 aliphatic rings. The topological polar surface area (TPSA) is 57.6 Å². The van der Waals surface area contributed by atoms with E-state index in [0.717, 1.165) is 6.20 Å². The van der Waals surface area contributed by atoms with E-state index in [-0.39, 0.29) is 0 Å². The zero-order valence-electron chi connectivity index (χ0n) is 8.54. The number of nitrogens with zero attached hydrogens (tertiary/aromatic N) is 1. The quantitative estimate of drug-likeness (QED) is 0.415. The van der Waals surface area contributed by atoms with Gasteiger partial charge < -0.3 is 10.0 Å². The summed E-state index contributed by atoms with van der Waals surface area (Å²) < 4.78 is 24.0. The molecule has 6 heteroatoms. The van der Waals surface area contributed by atoms with Crippen molar-refractivity contribution in [3.05, 3.63) is 11.8 Å². The number of alkyl halides is 2. The molecule has 0 radical (unpaired) electrons. The van der Waals surface area contributed by atoms with Crippen LogP contribution < -0.4 is 0 Å². The normalized spacial score (nSPS) is 11.7. The van der Waals surface area contributed by atoms with Crippen molar-refractivity contribution in [2.45, 2.75) is 20.3 Å². The Balaban J connectivity index is 4.96. The van der Waals surface area contributed by atoms with Crippen LogP contribution in [-0.4, -0.2) is 41.3 Å². The van der Waals surface area contributed by atoms with Gasteiger partial charge in [-0.2, -0.15) is 0 Å². The summed E-state index contributed by atoms with van der Waals surface area (Å²) >= 11 is 0. The maximum atomic E-state index is 12.0. The Morgan fingerprint density at radius 2 is 1.80 bits per heavy atom. The zero-order valence-corrected chi connectivity index (χ0v) is 8.54. The lowest BCUT2D eigenvalue weighted by Gasteiger charge is -2.16. The minimum Gasteiger partial charge on any atom is -0.478 e. The van der Waals surface area contributed by atoms with Crippen LogP contribution in [0.3, 0.4) is 0 Å². The number of carboxylic acids is 1. The molecule has 0 aromatic rings. The standard InChI is InChI=1S/C9H13F2NO3/c1-3-12(4-2)5-6(9(14)15)7(13)8(10)11/h5,8H,3-4H2,1-2H3,(H,14,15). The van der Waals surface area contributed by atoms with Crippen LogP contribution in [0.15, 0.2) is 11.8 Å². The molecule has 0 heterocycles. The lowest BCUT2D eigenvalue weighted by Crippen LogP contribution is -2.24. The minimum absolute atomic E-state index is 0.448. The van der Waals surface area contributed by atoms with E-state index in [9.17, 15) is 18.4 Å². The Bertz CT molecular complexity index is 273. The van der Waals surface area contributed by atoms with Crippen molar-refractivity contribution in [1.82, 2.24) is 4.90 Å². The number of rotatable bonds is 6. The Kier molecular flexibility index (Phi) is 5.51. The van der Waals surface area contributed by atoms with Gasteiger partial charge in [0.25, 0.3) is 0 Å². The SMILES string of the molecule is CCN(C=C(C(=O)O)C(=O)C(F)F)CC. The van der Waals surface area contributed by atoms with Crippen LogP contribution >= 0.6 is 0 Å². The Labute approximate surface area is 86.2 Å². The molecular formula is C9H13F2NO3. The maximum absolute atomic E-state index is 12.0. The minimum atomic E-state index is -3.29. The largest absolute Gasteiger partial charge is 0.478 e. The first kappa shape index (κ1) is 13.5. The zero-order chi connectivity index (χ0) is 12.0. The predicted molar refractivity (Wildman–Crippen MR) is 49.7 cm³/mol. The molecule has 0 saturated carbocycles. The molecule has 0 aliphatic heterocycles. The molecule has 4 nitrogen and oxygen atoms in total. The molecule has 0 rings (SSSR count).